The van der Waals surface area contributed by atoms with Gasteiger partial charge in [0.15, 0.2) is 0 Å². The molecule has 0 aromatic carbocycles. The van der Waals surface area contributed by atoms with Crippen molar-refractivity contribution < 1.29 is 4.74 Å². The van der Waals surface area contributed by atoms with Gasteiger partial charge in [-0.05, 0) is 32.3 Å². The van der Waals surface area contributed by atoms with Crippen LogP contribution in [0.15, 0.2) is 18.3 Å². The van der Waals surface area contributed by atoms with E-state index in [9.17, 15) is 0 Å². The van der Waals surface area contributed by atoms with Gasteiger partial charge < -0.3 is 10.1 Å². The van der Waals surface area contributed by atoms with Crippen LogP contribution in [-0.2, 0) is 11.8 Å². The zero-order valence-corrected chi connectivity index (χ0v) is 13.0. The quantitative estimate of drug-likeness (QED) is 0.938. The van der Waals surface area contributed by atoms with Crippen LogP contribution in [0, 0.1) is 6.92 Å². The van der Waals surface area contributed by atoms with Crippen molar-refractivity contribution >= 4 is 5.82 Å². The molecule has 1 saturated carbocycles. The molecule has 1 saturated heterocycles. The summed E-state index contributed by atoms with van der Waals surface area (Å²) in [6.45, 7) is 2.79. The van der Waals surface area contributed by atoms with Crippen LogP contribution in [0.4, 0.5) is 5.82 Å². The number of nitrogens with zero attached hydrogens (tertiary/aromatic N) is 4. The summed E-state index contributed by atoms with van der Waals surface area (Å²) in [5.41, 5.74) is 2.12. The SMILES string of the molecule is Cc1cc(N[C@H]2CCO[C@@H]2c2ccnn2C)nc(C2CC2)n1. The van der Waals surface area contributed by atoms with E-state index in [4.69, 9.17) is 9.72 Å². The number of nitrogens with one attached hydrogen (secondary N) is 1. The molecule has 116 valence electrons. The Bertz CT molecular complexity index is 679. The topological polar surface area (TPSA) is 64.9 Å². The Morgan fingerprint density at radius 2 is 2.14 bits per heavy atom. The van der Waals surface area contributed by atoms with E-state index in [0.717, 1.165) is 36.1 Å². The molecule has 0 radical (unpaired) electrons. The summed E-state index contributed by atoms with van der Waals surface area (Å²) in [6, 6.07) is 4.26. The maximum atomic E-state index is 5.92. The molecular weight excluding hydrogens is 278 g/mol. The third-order valence-corrected chi connectivity index (χ3v) is 4.39. The summed E-state index contributed by atoms with van der Waals surface area (Å²) in [6.07, 6.45) is 5.23. The fourth-order valence-electron chi connectivity index (χ4n) is 3.07. The average Bonchev–Trinajstić information content (AvgIpc) is 3.11. The lowest BCUT2D eigenvalue weighted by atomic mass is 10.1. The number of hydrogen-bond donors (Lipinski definition) is 1. The predicted molar refractivity (Wildman–Crippen MR) is 82.7 cm³/mol. The van der Waals surface area contributed by atoms with E-state index in [2.05, 4.69) is 15.4 Å². The van der Waals surface area contributed by atoms with Crippen molar-refractivity contribution in [3.8, 4) is 0 Å². The van der Waals surface area contributed by atoms with E-state index >= 15 is 0 Å². The van der Waals surface area contributed by atoms with Crippen molar-refractivity contribution in [1.82, 2.24) is 19.7 Å². The Morgan fingerprint density at radius 3 is 2.86 bits per heavy atom. The van der Waals surface area contributed by atoms with Crippen LogP contribution in [-0.4, -0.2) is 32.4 Å². The second-order valence-electron chi connectivity index (χ2n) is 6.24. The van der Waals surface area contributed by atoms with Gasteiger partial charge >= 0.3 is 0 Å². The summed E-state index contributed by atoms with van der Waals surface area (Å²) in [7, 11) is 1.95. The average molecular weight is 299 g/mol. The lowest BCUT2D eigenvalue weighted by Crippen LogP contribution is -2.25. The first kappa shape index (κ1) is 13.7. The van der Waals surface area contributed by atoms with E-state index in [1.165, 1.54) is 12.8 Å². The smallest absolute Gasteiger partial charge is 0.134 e. The lowest BCUT2D eigenvalue weighted by molar-refractivity contribution is 0.101. The molecule has 6 nitrogen and oxygen atoms in total. The van der Waals surface area contributed by atoms with E-state index in [1.807, 2.05) is 37.0 Å². The Kier molecular flexibility index (Phi) is 3.33. The van der Waals surface area contributed by atoms with E-state index < -0.39 is 0 Å². The monoisotopic (exact) mass is 299 g/mol. The molecule has 22 heavy (non-hydrogen) atoms. The molecule has 4 rings (SSSR count). The minimum atomic E-state index is 0.0205. The van der Waals surface area contributed by atoms with Gasteiger partial charge in [-0.25, -0.2) is 9.97 Å². The molecule has 2 atom stereocenters. The second-order valence-corrected chi connectivity index (χ2v) is 6.24. The lowest BCUT2D eigenvalue weighted by Gasteiger charge is -2.21. The number of rotatable bonds is 4. The molecular formula is C16H21N5O. The number of aromatic nitrogens is 4. The molecule has 2 aromatic rings. The minimum absolute atomic E-state index is 0.0205. The molecule has 0 bridgehead atoms. The number of ether oxygens (including phenoxy) is 1. The standard InChI is InChI=1S/C16H21N5O/c1-10-9-14(20-16(18-10)11-3-4-11)19-12-6-8-22-15(12)13-5-7-17-21(13)2/h5,7,9,11-12,15H,3-4,6,8H2,1-2H3,(H,18,19,20)/t12-,15-/m0/s1. The van der Waals surface area contributed by atoms with Gasteiger partial charge in [0.2, 0.25) is 0 Å². The highest BCUT2D eigenvalue weighted by Gasteiger charge is 2.32. The largest absolute Gasteiger partial charge is 0.370 e. The Balaban J connectivity index is 1.56. The van der Waals surface area contributed by atoms with Gasteiger partial charge in [0.1, 0.15) is 17.7 Å². The predicted octanol–water partition coefficient (Wildman–Crippen LogP) is 2.34. The van der Waals surface area contributed by atoms with Gasteiger partial charge in [0.25, 0.3) is 0 Å². The zero-order chi connectivity index (χ0) is 15.1. The summed E-state index contributed by atoms with van der Waals surface area (Å²) >= 11 is 0. The maximum Gasteiger partial charge on any atom is 0.134 e. The molecule has 1 N–H and O–H groups in total. The van der Waals surface area contributed by atoms with Crippen molar-refractivity contribution in [2.24, 2.45) is 7.05 Å². The van der Waals surface area contributed by atoms with Crippen LogP contribution in [0.1, 0.15) is 48.5 Å². The van der Waals surface area contributed by atoms with Crippen LogP contribution >= 0.6 is 0 Å². The first-order valence-corrected chi connectivity index (χ1v) is 7.92. The first-order valence-electron chi connectivity index (χ1n) is 7.92. The van der Waals surface area contributed by atoms with Gasteiger partial charge in [-0.1, -0.05) is 0 Å². The molecule has 1 aliphatic heterocycles. The van der Waals surface area contributed by atoms with Crippen molar-refractivity contribution in [2.45, 2.75) is 44.2 Å². The zero-order valence-electron chi connectivity index (χ0n) is 13.0. The molecule has 2 aromatic heterocycles. The van der Waals surface area contributed by atoms with Crippen LogP contribution in [0.25, 0.3) is 0 Å². The minimum Gasteiger partial charge on any atom is -0.370 e. The second kappa shape index (κ2) is 5.35. The molecule has 6 heteroatoms. The van der Waals surface area contributed by atoms with Gasteiger partial charge in [-0.2, -0.15) is 5.10 Å². The van der Waals surface area contributed by atoms with Crippen LogP contribution < -0.4 is 5.32 Å². The van der Waals surface area contributed by atoms with Gasteiger partial charge in [-0.3, -0.25) is 4.68 Å². The van der Waals surface area contributed by atoms with Gasteiger partial charge in [-0.15, -0.1) is 0 Å². The Morgan fingerprint density at radius 1 is 1.27 bits per heavy atom. The normalized spacial score (nSPS) is 24.6. The molecule has 0 unspecified atom stereocenters. The Labute approximate surface area is 129 Å². The molecule has 0 amide bonds. The summed E-state index contributed by atoms with van der Waals surface area (Å²) in [5.74, 6) is 2.46. The molecule has 2 fully saturated rings. The number of aryl methyl sites for hydroxylation is 2. The molecule has 3 heterocycles. The fraction of sp³-hybridized carbons (Fsp3) is 0.562. The first-order chi connectivity index (χ1) is 10.7. The highest BCUT2D eigenvalue weighted by molar-refractivity contribution is 5.39. The third-order valence-electron chi connectivity index (χ3n) is 4.39. The van der Waals surface area contributed by atoms with Gasteiger partial charge in [0, 0.05) is 37.5 Å². The van der Waals surface area contributed by atoms with Crippen molar-refractivity contribution in [2.75, 3.05) is 11.9 Å². The van der Waals surface area contributed by atoms with E-state index in [0.29, 0.717) is 5.92 Å². The van der Waals surface area contributed by atoms with Crippen molar-refractivity contribution in [1.29, 1.82) is 0 Å². The summed E-state index contributed by atoms with van der Waals surface area (Å²) in [4.78, 5) is 9.25. The molecule has 1 aliphatic carbocycles. The molecule has 2 aliphatic rings. The van der Waals surface area contributed by atoms with E-state index in [-0.39, 0.29) is 12.1 Å². The summed E-state index contributed by atoms with van der Waals surface area (Å²) < 4.78 is 7.80. The summed E-state index contributed by atoms with van der Waals surface area (Å²) in [5, 5.41) is 7.80. The van der Waals surface area contributed by atoms with Gasteiger partial charge in [0.05, 0.1) is 11.7 Å². The number of anilines is 1. The van der Waals surface area contributed by atoms with Crippen LogP contribution in [0.2, 0.25) is 0 Å². The fourth-order valence-corrected chi connectivity index (χ4v) is 3.07. The van der Waals surface area contributed by atoms with Crippen LogP contribution in [0.3, 0.4) is 0 Å². The third kappa shape index (κ3) is 2.59. The number of hydrogen-bond acceptors (Lipinski definition) is 5. The van der Waals surface area contributed by atoms with Crippen molar-refractivity contribution in [3.05, 3.63) is 35.5 Å². The van der Waals surface area contributed by atoms with E-state index in [1.54, 1.807) is 0 Å². The van der Waals surface area contributed by atoms with Crippen LogP contribution in [0.5, 0.6) is 0 Å². The maximum absolute atomic E-state index is 5.92. The van der Waals surface area contributed by atoms with Crippen molar-refractivity contribution in [3.63, 3.8) is 0 Å². The highest BCUT2D eigenvalue weighted by Crippen LogP contribution is 2.38. The highest BCUT2D eigenvalue weighted by atomic mass is 16.5. The molecule has 0 spiro atoms. The Hall–Kier alpha value is -1.95.